The van der Waals surface area contributed by atoms with Crippen LogP contribution in [0.4, 0.5) is 0 Å². The second kappa shape index (κ2) is 16.6. The molecule has 1 saturated heterocycles. The molecular weight excluding hydrogens is 618 g/mol. The van der Waals surface area contributed by atoms with E-state index in [1.807, 2.05) is 48.5 Å². The molecule has 11 heteroatoms. The number of nitrogens with one attached hydrogen (secondary N) is 2. The van der Waals surface area contributed by atoms with E-state index in [0.717, 1.165) is 11.1 Å². The summed E-state index contributed by atoms with van der Waals surface area (Å²) in [7, 11) is 1.75. The van der Waals surface area contributed by atoms with Gasteiger partial charge in [0.15, 0.2) is 5.58 Å². The van der Waals surface area contributed by atoms with Gasteiger partial charge in [0, 0.05) is 18.0 Å². The number of unbranched alkanes of at least 4 members (excludes halogenated alkanes) is 1. The SMILES string of the molecule is CN[C@H](CCc1ccccc1)C(=O)N1C[C@H](OCc2ccc(Cl)cc2)C[C@H]1C(=O)N[C@@H](CCCCN)C(=O)c1nc2ccccc2o1. The number of hydrogen-bond donors (Lipinski definition) is 3. The van der Waals surface area contributed by atoms with Gasteiger partial charge in [-0.15, -0.1) is 0 Å². The zero-order valence-electron chi connectivity index (χ0n) is 26.6. The molecule has 0 unspecified atom stereocenters. The molecule has 2 heterocycles. The third-order valence-electron chi connectivity index (χ3n) is 8.54. The van der Waals surface area contributed by atoms with Gasteiger partial charge in [-0.05, 0) is 81.1 Å². The lowest BCUT2D eigenvalue weighted by Crippen LogP contribution is -2.54. The standard InChI is InChI=1S/C36H42ClN5O5/c1-39-30(19-16-24-9-3-2-4-10-24)36(45)42-22-27(46-23-25-14-17-26(37)18-15-25)21-31(42)34(44)40-29(12-7-8-20-38)33(43)35-41-28-11-5-6-13-32(28)47-35/h2-6,9-11,13-15,17-18,27,29-31,39H,7-8,12,16,19-23,38H2,1H3,(H,40,44)/t27-,29+,30-,31+/m1/s1. The molecule has 1 fully saturated rings. The summed E-state index contributed by atoms with van der Waals surface area (Å²) in [6.07, 6.45) is 2.81. The first-order chi connectivity index (χ1) is 22.9. The first-order valence-corrected chi connectivity index (χ1v) is 16.5. The number of aryl methyl sites for hydroxylation is 1. The highest BCUT2D eigenvalue weighted by molar-refractivity contribution is 6.30. The van der Waals surface area contributed by atoms with Gasteiger partial charge in [0.05, 0.1) is 24.8 Å². The van der Waals surface area contributed by atoms with E-state index in [4.69, 9.17) is 26.5 Å². The van der Waals surface area contributed by atoms with Crippen molar-refractivity contribution in [2.45, 2.75) is 69.4 Å². The number of ketones is 1. The van der Waals surface area contributed by atoms with Crippen LogP contribution in [0.3, 0.4) is 0 Å². The molecule has 1 aromatic heterocycles. The Morgan fingerprint density at radius 1 is 0.979 bits per heavy atom. The summed E-state index contributed by atoms with van der Waals surface area (Å²) in [5.74, 6) is -1.10. The smallest absolute Gasteiger partial charge is 0.266 e. The van der Waals surface area contributed by atoms with Crippen LogP contribution in [0.1, 0.15) is 53.9 Å². The van der Waals surface area contributed by atoms with Crippen molar-refractivity contribution in [3.05, 3.63) is 101 Å². The number of likely N-dealkylation sites (N-methyl/N-ethyl adjacent to an activating group) is 1. The average molecular weight is 660 g/mol. The Hall–Kier alpha value is -4.09. The number of benzene rings is 3. The minimum absolute atomic E-state index is 0.0658. The number of fused-ring (bicyclic) bond motifs is 1. The lowest BCUT2D eigenvalue weighted by molar-refractivity contribution is -0.140. The first kappa shape index (κ1) is 34.3. The molecule has 2 amide bonds. The van der Waals surface area contributed by atoms with Crippen LogP contribution in [-0.4, -0.2) is 71.8 Å². The maximum atomic E-state index is 14.0. The van der Waals surface area contributed by atoms with Gasteiger partial charge < -0.3 is 30.4 Å². The zero-order valence-corrected chi connectivity index (χ0v) is 27.3. The van der Waals surface area contributed by atoms with E-state index in [0.29, 0.717) is 61.4 Å². The predicted octanol–water partition coefficient (Wildman–Crippen LogP) is 4.68. The summed E-state index contributed by atoms with van der Waals surface area (Å²) in [5.41, 5.74) is 8.83. The number of nitrogens with two attached hydrogens (primary N) is 1. The van der Waals surface area contributed by atoms with Crippen LogP contribution in [0.15, 0.2) is 83.3 Å². The number of Topliss-reactive ketones (excluding diaryl/α,β-unsaturated/α-hetero) is 1. The van der Waals surface area contributed by atoms with Crippen LogP contribution in [0.25, 0.3) is 11.1 Å². The average Bonchev–Trinajstić information content (AvgIpc) is 3.73. The maximum Gasteiger partial charge on any atom is 0.266 e. The highest BCUT2D eigenvalue weighted by atomic mass is 35.5. The Labute approximate surface area is 280 Å². The van der Waals surface area contributed by atoms with Gasteiger partial charge in [0.25, 0.3) is 5.89 Å². The maximum absolute atomic E-state index is 14.0. The largest absolute Gasteiger partial charge is 0.434 e. The molecule has 10 nitrogen and oxygen atoms in total. The van der Waals surface area contributed by atoms with Crippen molar-refractivity contribution in [1.82, 2.24) is 20.5 Å². The van der Waals surface area contributed by atoms with Crippen molar-refractivity contribution >= 4 is 40.3 Å². The lowest BCUT2D eigenvalue weighted by Gasteiger charge is -2.29. The van der Waals surface area contributed by atoms with Gasteiger partial charge in [-0.25, -0.2) is 4.98 Å². The van der Waals surface area contributed by atoms with Crippen molar-refractivity contribution in [3.63, 3.8) is 0 Å². The van der Waals surface area contributed by atoms with Gasteiger partial charge in [-0.3, -0.25) is 14.4 Å². The number of halogens is 1. The van der Waals surface area contributed by atoms with Gasteiger partial charge >= 0.3 is 0 Å². The summed E-state index contributed by atoms with van der Waals surface area (Å²) in [6.45, 7) is 1.01. The number of hydrogen-bond acceptors (Lipinski definition) is 8. The van der Waals surface area contributed by atoms with E-state index in [2.05, 4.69) is 15.6 Å². The second-order valence-corrected chi connectivity index (χ2v) is 12.3. The number of carbonyl (C=O) groups is 3. The van der Waals surface area contributed by atoms with Crippen molar-refractivity contribution in [2.24, 2.45) is 5.73 Å². The number of para-hydroxylation sites is 2. The monoisotopic (exact) mass is 659 g/mol. The Kier molecular flexibility index (Phi) is 12.1. The highest BCUT2D eigenvalue weighted by Crippen LogP contribution is 2.25. The fourth-order valence-electron chi connectivity index (χ4n) is 5.91. The van der Waals surface area contributed by atoms with Gasteiger partial charge in [-0.2, -0.15) is 0 Å². The minimum atomic E-state index is -0.897. The Bertz CT molecular complexity index is 1600. The number of oxazole rings is 1. The Morgan fingerprint density at radius 2 is 1.72 bits per heavy atom. The number of likely N-dealkylation sites (tertiary alicyclic amines) is 1. The predicted molar refractivity (Wildman–Crippen MR) is 181 cm³/mol. The summed E-state index contributed by atoms with van der Waals surface area (Å²) < 4.78 is 12.0. The van der Waals surface area contributed by atoms with Gasteiger partial charge in [0.1, 0.15) is 11.6 Å². The molecule has 4 atom stereocenters. The molecule has 3 aromatic carbocycles. The van der Waals surface area contributed by atoms with Crippen molar-refractivity contribution in [3.8, 4) is 0 Å². The summed E-state index contributed by atoms with van der Waals surface area (Å²) in [5, 5.41) is 6.73. The van der Waals surface area contributed by atoms with Gasteiger partial charge in [0.2, 0.25) is 17.6 Å². The summed E-state index contributed by atoms with van der Waals surface area (Å²) in [4.78, 5) is 47.7. The van der Waals surface area contributed by atoms with Crippen LogP contribution in [0.2, 0.25) is 5.02 Å². The van der Waals surface area contributed by atoms with E-state index < -0.39 is 29.8 Å². The minimum Gasteiger partial charge on any atom is -0.434 e. The third-order valence-corrected chi connectivity index (χ3v) is 8.80. The summed E-state index contributed by atoms with van der Waals surface area (Å²) in [6, 6.07) is 22.2. The molecule has 1 aliphatic rings. The highest BCUT2D eigenvalue weighted by Gasteiger charge is 2.43. The molecule has 0 bridgehead atoms. The van der Waals surface area contributed by atoms with E-state index >= 15 is 0 Å². The van der Waals surface area contributed by atoms with E-state index in [-0.39, 0.29) is 30.9 Å². The van der Waals surface area contributed by atoms with Gasteiger partial charge in [-0.1, -0.05) is 66.2 Å². The molecule has 248 valence electrons. The Morgan fingerprint density at radius 3 is 2.45 bits per heavy atom. The van der Waals surface area contributed by atoms with Crippen molar-refractivity contribution < 1.29 is 23.5 Å². The van der Waals surface area contributed by atoms with E-state index in [1.165, 1.54) is 0 Å². The first-order valence-electron chi connectivity index (χ1n) is 16.1. The van der Waals surface area contributed by atoms with E-state index in [1.54, 1.807) is 42.3 Å². The summed E-state index contributed by atoms with van der Waals surface area (Å²) >= 11 is 6.04. The number of aromatic nitrogens is 1. The second-order valence-electron chi connectivity index (χ2n) is 11.9. The molecule has 0 saturated carbocycles. The number of nitrogens with zero attached hydrogens (tertiary/aromatic N) is 2. The fourth-order valence-corrected chi connectivity index (χ4v) is 6.03. The van der Waals surface area contributed by atoms with Crippen LogP contribution in [0, 0.1) is 0 Å². The molecule has 5 rings (SSSR count). The van der Waals surface area contributed by atoms with Crippen LogP contribution >= 0.6 is 11.6 Å². The van der Waals surface area contributed by atoms with Crippen molar-refractivity contribution in [1.29, 1.82) is 0 Å². The van der Waals surface area contributed by atoms with Crippen LogP contribution in [0.5, 0.6) is 0 Å². The quantitative estimate of drug-likeness (QED) is 0.116. The third kappa shape index (κ3) is 9.04. The van der Waals surface area contributed by atoms with Crippen molar-refractivity contribution in [2.75, 3.05) is 20.1 Å². The number of ether oxygens (including phenoxy) is 1. The Balaban J connectivity index is 1.34. The van der Waals surface area contributed by atoms with E-state index in [9.17, 15) is 14.4 Å². The molecule has 1 aliphatic heterocycles. The van der Waals surface area contributed by atoms with Crippen LogP contribution < -0.4 is 16.4 Å². The molecule has 0 radical (unpaired) electrons. The lowest BCUT2D eigenvalue weighted by atomic mass is 10.0. The number of rotatable bonds is 16. The van der Waals surface area contributed by atoms with Crippen LogP contribution in [-0.2, 0) is 27.4 Å². The molecule has 0 aliphatic carbocycles. The molecule has 4 N–H and O–H groups in total. The molecule has 4 aromatic rings. The fraction of sp³-hybridized carbons (Fsp3) is 0.389. The topological polar surface area (TPSA) is 140 Å². The number of amides is 2. The zero-order chi connectivity index (χ0) is 33.2. The molecular formula is C36H42ClN5O5. The molecule has 0 spiro atoms. The molecule has 47 heavy (non-hydrogen) atoms. The normalized spacial score (nSPS) is 17.5. The number of carbonyl (C=O) groups excluding carboxylic acids is 3.